The van der Waals surface area contributed by atoms with Gasteiger partial charge in [0.05, 0.1) is 26.7 Å². The molecule has 0 atom stereocenters. The molecule has 152 valence electrons. The summed E-state index contributed by atoms with van der Waals surface area (Å²) in [4.78, 5) is 8.89. The monoisotopic (exact) mass is 359 g/mol. The van der Waals surface area contributed by atoms with Gasteiger partial charge in [0.2, 0.25) is 0 Å². The van der Waals surface area contributed by atoms with Crippen molar-refractivity contribution in [3.63, 3.8) is 0 Å². The van der Waals surface area contributed by atoms with Crippen LogP contribution in [0.2, 0.25) is 0 Å². The predicted molar refractivity (Wildman–Crippen MR) is 105 cm³/mol. The second-order valence-electron chi connectivity index (χ2n) is 7.54. The van der Waals surface area contributed by atoms with E-state index >= 15 is 0 Å². The maximum Gasteiger partial charge on any atom is 0.102 e. The number of carbonyl (C=O) groups excluding carboxylic acids is 1. The van der Waals surface area contributed by atoms with Gasteiger partial charge >= 0.3 is 0 Å². The molecule has 0 saturated heterocycles. The minimum Gasteiger partial charge on any atom is -0.550 e. The number of rotatable bonds is 16. The molecule has 0 unspecified atom stereocenters. The van der Waals surface area contributed by atoms with Crippen LogP contribution in [0, 0.1) is 0 Å². The first kappa shape index (κ1) is 26.6. The SMILES string of the molecule is CC(=O)[O-].CCCCCCCC[N+](C)(CCO)CCCCCCCC. The number of aliphatic hydroxyl groups is 1. The molecule has 4 heteroatoms. The Morgan fingerprint density at radius 1 is 0.760 bits per heavy atom. The van der Waals surface area contributed by atoms with Crippen molar-refractivity contribution < 1.29 is 19.5 Å². The van der Waals surface area contributed by atoms with E-state index in [4.69, 9.17) is 9.90 Å². The number of unbranched alkanes of at least 4 members (excludes halogenated alkanes) is 10. The summed E-state index contributed by atoms with van der Waals surface area (Å²) in [5, 5.41) is 18.2. The zero-order valence-corrected chi connectivity index (χ0v) is 17.5. The number of aliphatic carboxylic acids is 1. The summed E-state index contributed by atoms with van der Waals surface area (Å²) < 4.78 is 1.08. The molecule has 4 nitrogen and oxygen atoms in total. The van der Waals surface area contributed by atoms with Crippen molar-refractivity contribution >= 4 is 5.97 Å². The average molecular weight is 360 g/mol. The van der Waals surface area contributed by atoms with Crippen molar-refractivity contribution in [1.82, 2.24) is 0 Å². The third-order valence-electron chi connectivity index (χ3n) is 4.74. The maximum atomic E-state index is 9.33. The van der Waals surface area contributed by atoms with Crippen LogP contribution < -0.4 is 5.11 Å². The molecule has 0 fully saturated rings. The summed E-state index contributed by atoms with van der Waals surface area (Å²) in [6.07, 6.45) is 16.4. The number of nitrogens with zero attached hydrogens (tertiary/aromatic N) is 1. The Bertz CT molecular complexity index is 262. The van der Waals surface area contributed by atoms with Crippen molar-refractivity contribution in [3.05, 3.63) is 0 Å². The van der Waals surface area contributed by atoms with E-state index in [1.165, 1.54) is 90.1 Å². The zero-order valence-electron chi connectivity index (χ0n) is 17.5. The molecule has 0 radical (unpaired) electrons. The van der Waals surface area contributed by atoms with E-state index in [2.05, 4.69) is 20.9 Å². The van der Waals surface area contributed by atoms with Crippen LogP contribution in [0.4, 0.5) is 0 Å². The van der Waals surface area contributed by atoms with Crippen molar-refractivity contribution in [2.45, 2.75) is 97.8 Å². The van der Waals surface area contributed by atoms with Crippen LogP contribution in [0.1, 0.15) is 97.8 Å². The van der Waals surface area contributed by atoms with Crippen LogP contribution in [0.15, 0.2) is 0 Å². The molecule has 0 saturated carbocycles. The molecule has 0 rings (SSSR count). The van der Waals surface area contributed by atoms with Gasteiger partial charge in [-0.3, -0.25) is 0 Å². The van der Waals surface area contributed by atoms with Gasteiger partial charge in [0.25, 0.3) is 0 Å². The van der Waals surface area contributed by atoms with Gasteiger partial charge in [-0.1, -0.05) is 65.2 Å². The van der Waals surface area contributed by atoms with Gasteiger partial charge in [0.15, 0.2) is 0 Å². The fourth-order valence-electron chi connectivity index (χ4n) is 3.12. The Kier molecular flexibility index (Phi) is 21.0. The molecule has 25 heavy (non-hydrogen) atoms. The molecule has 0 aliphatic rings. The lowest BCUT2D eigenvalue weighted by Crippen LogP contribution is -2.47. The van der Waals surface area contributed by atoms with Crippen molar-refractivity contribution in [2.24, 2.45) is 0 Å². The molecule has 0 aliphatic heterocycles. The molecule has 0 aromatic carbocycles. The van der Waals surface area contributed by atoms with Crippen molar-refractivity contribution in [2.75, 3.05) is 33.3 Å². The summed E-state index contributed by atoms with van der Waals surface area (Å²) in [7, 11) is 2.34. The highest BCUT2D eigenvalue weighted by atomic mass is 16.4. The van der Waals surface area contributed by atoms with Crippen LogP contribution in [-0.2, 0) is 4.79 Å². The average Bonchev–Trinajstić information content (AvgIpc) is 2.54. The highest BCUT2D eigenvalue weighted by Gasteiger charge is 2.19. The molecule has 0 heterocycles. The van der Waals surface area contributed by atoms with Crippen molar-refractivity contribution in [3.8, 4) is 0 Å². The number of quaternary nitrogens is 1. The van der Waals surface area contributed by atoms with Gasteiger partial charge in [-0.2, -0.15) is 0 Å². The number of carboxylic acids is 1. The second kappa shape index (κ2) is 19.7. The van der Waals surface area contributed by atoms with Gasteiger partial charge in [0, 0.05) is 5.97 Å². The van der Waals surface area contributed by atoms with Crippen LogP contribution in [0.5, 0.6) is 0 Å². The molecule has 0 spiro atoms. The first-order valence-electron chi connectivity index (χ1n) is 10.5. The normalized spacial score (nSPS) is 11.1. The molecular weight excluding hydrogens is 314 g/mol. The van der Waals surface area contributed by atoms with Gasteiger partial charge in [-0.05, 0) is 32.6 Å². The number of hydrogen-bond donors (Lipinski definition) is 1. The maximum absolute atomic E-state index is 9.33. The minimum atomic E-state index is -1.08. The van der Waals surface area contributed by atoms with E-state index < -0.39 is 5.97 Å². The number of hydrogen-bond acceptors (Lipinski definition) is 3. The number of carboxylic acid groups (broad SMARTS) is 1. The molecule has 0 bridgehead atoms. The third-order valence-corrected chi connectivity index (χ3v) is 4.74. The highest BCUT2D eigenvalue weighted by molar-refractivity contribution is 5.60. The van der Waals surface area contributed by atoms with E-state index in [0.29, 0.717) is 6.61 Å². The van der Waals surface area contributed by atoms with Gasteiger partial charge in [0.1, 0.15) is 6.54 Å². The fourth-order valence-corrected chi connectivity index (χ4v) is 3.12. The first-order valence-corrected chi connectivity index (χ1v) is 10.5. The number of carbonyl (C=O) groups is 1. The van der Waals surface area contributed by atoms with E-state index in [1.54, 1.807) is 0 Å². The molecule has 0 aliphatic carbocycles. The van der Waals surface area contributed by atoms with Crippen LogP contribution in [-0.4, -0.2) is 48.8 Å². The summed E-state index contributed by atoms with van der Waals surface area (Å²) in [5.74, 6) is -1.08. The van der Waals surface area contributed by atoms with E-state index in [-0.39, 0.29) is 0 Å². The third kappa shape index (κ3) is 23.4. The smallest absolute Gasteiger partial charge is 0.102 e. The summed E-state index contributed by atoms with van der Waals surface area (Å²) in [6.45, 7) is 9.29. The lowest BCUT2D eigenvalue weighted by molar-refractivity contribution is -0.910. The number of aliphatic hydroxyl groups excluding tert-OH is 1. The molecular formula is C21H45NO3. The van der Waals surface area contributed by atoms with Crippen molar-refractivity contribution in [1.29, 1.82) is 0 Å². The van der Waals surface area contributed by atoms with Crippen LogP contribution >= 0.6 is 0 Å². The van der Waals surface area contributed by atoms with E-state index in [0.717, 1.165) is 18.0 Å². The molecule has 0 aromatic rings. The summed E-state index contributed by atoms with van der Waals surface area (Å²) >= 11 is 0. The molecule has 1 N–H and O–H groups in total. The highest BCUT2D eigenvalue weighted by Crippen LogP contribution is 2.13. The van der Waals surface area contributed by atoms with E-state index in [1.807, 2.05) is 0 Å². The summed E-state index contributed by atoms with van der Waals surface area (Å²) in [6, 6.07) is 0. The van der Waals surface area contributed by atoms with E-state index in [9.17, 15) is 5.11 Å². The zero-order chi connectivity index (χ0) is 19.4. The largest absolute Gasteiger partial charge is 0.550 e. The van der Waals surface area contributed by atoms with Gasteiger partial charge in [-0.25, -0.2) is 0 Å². The van der Waals surface area contributed by atoms with Gasteiger partial charge in [-0.15, -0.1) is 0 Å². The Labute approximate surface area is 157 Å². The Morgan fingerprint density at radius 2 is 1.08 bits per heavy atom. The fraction of sp³-hybridized carbons (Fsp3) is 0.952. The predicted octanol–water partition coefficient (Wildman–Crippen LogP) is 3.90. The lowest BCUT2D eigenvalue weighted by atomic mass is 10.1. The van der Waals surface area contributed by atoms with Crippen LogP contribution in [0.25, 0.3) is 0 Å². The minimum absolute atomic E-state index is 0.335. The molecule has 0 aromatic heterocycles. The Hall–Kier alpha value is -0.610. The Morgan fingerprint density at radius 3 is 1.40 bits per heavy atom. The first-order chi connectivity index (χ1) is 11.9. The lowest BCUT2D eigenvalue weighted by Gasteiger charge is -2.34. The standard InChI is InChI=1S/C19H42NO.C2H4O2/c1-4-6-8-10-12-14-16-20(3,18-19-21)17-15-13-11-9-7-5-2;1-2(3)4/h21H,4-19H2,1-3H3;1H3,(H,3,4)/q+1;/p-1. The molecule has 0 amide bonds. The summed E-state index contributed by atoms with van der Waals surface area (Å²) in [5.41, 5.74) is 0. The topological polar surface area (TPSA) is 60.4 Å². The number of likely N-dealkylation sites (N-methyl/N-ethyl adjacent to an activating group) is 1. The van der Waals surface area contributed by atoms with Gasteiger partial charge < -0.3 is 19.5 Å². The quantitative estimate of drug-likeness (QED) is 0.336. The van der Waals surface area contributed by atoms with Crippen LogP contribution in [0.3, 0.4) is 0 Å². The second-order valence-corrected chi connectivity index (χ2v) is 7.54. The Balaban J connectivity index is 0.